The van der Waals surface area contributed by atoms with Crippen molar-refractivity contribution in [3.63, 3.8) is 0 Å². The molecule has 13 aromatic rings. The Morgan fingerprint density at radius 1 is 0.407 bits per heavy atom. The van der Waals surface area contributed by atoms with Gasteiger partial charge in [0.25, 0.3) is 0 Å². The fourth-order valence-corrected chi connectivity index (χ4v) is 21.5. The topological polar surface area (TPSA) is 22.2 Å². The maximum absolute atomic E-state index is 7.75. The molecule has 1 fully saturated rings. The van der Waals surface area contributed by atoms with Crippen molar-refractivity contribution in [3.8, 4) is 72.5 Å². The Balaban J connectivity index is 0.812. The molecule has 0 aromatic heterocycles. The number of rotatable bonds is 14. The number of benzene rings is 13. The smallest absolute Gasteiger partial charge is 0.230 e. The van der Waals surface area contributed by atoms with Crippen LogP contribution in [0.5, 0.6) is 5.75 Å². The standard InChI is InChI=1S/C110H92B2N4OS/c1-109(2,3)83-55-43-81(44-56-83)92-37-26-38-93(82-45-57-84(58-46-82)110(4,5)6)108(92)116-99-72-104-97(71-96(99)112-95-40-23-25-42-102(95)117-103-69-90(67-100(116)106(103)112)113(86-59-47-77(48-60-86)73-27-12-7-13-28-73)87-61-49-78(50-62-87)74-29-14-8-15-30-74)111-94-39-22-24-41-98(94)115(85-35-20-11-21-36-85)101-68-91(70-105(118-104)107(101)111)114(88-63-51-79(52-64-88)75-31-16-9-17-32-75)89-65-53-80(54-66-89)76-33-18-10-19-34-76/h7-35,37-72,85,94,97-98,100,104,106H,36H2,1-6H3. The molecule has 4 heterocycles. The lowest BCUT2D eigenvalue weighted by Gasteiger charge is -2.56. The largest absolute Gasteiger partial charge is 0.463 e. The summed E-state index contributed by atoms with van der Waals surface area (Å²) in [6.07, 6.45) is 30.7. The zero-order valence-electron chi connectivity index (χ0n) is 67.5. The monoisotopic (exact) mass is 1540 g/mol. The van der Waals surface area contributed by atoms with Gasteiger partial charge in [-0.2, -0.15) is 0 Å². The molecule has 0 radical (unpaired) electrons. The number of allylic oxidation sites excluding steroid dienone is 7. The highest BCUT2D eigenvalue weighted by Crippen LogP contribution is 2.61. The van der Waals surface area contributed by atoms with Gasteiger partial charge in [-0.25, -0.2) is 0 Å². The number of nitrogens with zero attached hydrogens (tertiary/aromatic N) is 4. The zero-order chi connectivity index (χ0) is 79.3. The van der Waals surface area contributed by atoms with Gasteiger partial charge in [-0.15, -0.1) is 11.8 Å². The zero-order valence-corrected chi connectivity index (χ0v) is 68.4. The van der Waals surface area contributed by atoms with Crippen LogP contribution in [-0.4, -0.2) is 36.8 Å². The lowest BCUT2D eigenvalue weighted by atomic mass is 9.24. The van der Waals surface area contributed by atoms with Crippen LogP contribution in [0.25, 0.3) is 66.8 Å². The fraction of sp³-hybridized carbons (Fsp3) is 0.145. The lowest BCUT2D eigenvalue weighted by Crippen LogP contribution is -2.63. The van der Waals surface area contributed by atoms with Crippen molar-refractivity contribution in [1.29, 1.82) is 0 Å². The summed E-state index contributed by atoms with van der Waals surface area (Å²) in [6, 6.07) is 120. The first-order valence-corrected chi connectivity index (χ1v) is 43.0. The summed E-state index contributed by atoms with van der Waals surface area (Å²) in [7, 11) is 0. The van der Waals surface area contributed by atoms with E-state index in [0.29, 0.717) is 0 Å². The Bertz CT molecular complexity index is 6020. The average Bonchev–Trinajstić information content (AvgIpc) is 0.690. The Kier molecular flexibility index (Phi) is 18.4. The van der Waals surface area contributed by atoms with E-state index in [-0.39, 0.29) is 65.1 Å². The number of hydrogen-bond acceptors (Lipinski definition) is 6. The van der Waals surface area contributed by atoms with Crippen molar-refractivity contribution >= 4 is 75.9 Å². The van der Waals surface area contributed by atoms with Gasteiger partial charge in [0.2, 0.25) is 6.71 Å². The summed E-state index contributed by atoms with van der Waals surface area (Å²) in [5.74, 6) is 1.96. The van der Waals surface area contributed by atoms with Gasteiger partial charge in [0, 0.05) is 78.6 Å². The van der Waals surface area contributed by atoms with Crippen molar-refractivity contribution < 1.29 is 4.74 Å². The lowest BCUT2D eigenvalue weighted by molar-refractivity contribution is 0.383. The number of thioether (sulfide) groups is 1. The molecule has 1 saturated heterocycles. The highest BCUT2D eigenvalue weighted by molar-refractivity contribution is 8.00. The Hall–Kier alpha value is -12.7. The third-order valence-electron chi connectivity index (χ3n) is 25.9. The summed E-state index contributed by atoms with van der Waals surface area (Å²) >= 11 is 2.08. The van der Waals surface area contributed by atoms with E-state index in [1.165, 1.54) is 105 Å². The summed E-state index contributed by atoms with van der Waals surface area (Å²) in [6.45, 7) is 14.0. The normalized spacial score (nSPS) is 19.7. The first-order chi connectivity index (χ1) is 57.8. The molecule has 4 aliphatic carbocycles. The van der Waals surface area contributed by atoms with Crippen molar-refractivity contribution in [2.45, 2.75) is 105 Å². The minimum Gasteiger partial charge on any atom is -0.463 e. The highest BCUT2D eigenvalue weighted by atomic mass is 32.2. The van der Waals surface area contributed by atoms with Crippen molar-refractivity contribution in [3.05, 3.63) is 428 Å². The molecule has 7 unspecified atom stereocenters. The minimum atomic E-state index is -0.295. The molecule has 0 spiro atoms. The van der Waals surface area contributed by atoms with Crippen molar-refractivity contribution in [2.75, 3.05) is 19.6 Å². The molecule has 5 nitrogen and oxygen atoms in total. The molecule has 0 amide bonds. The van der Waals surface area contributed by atoms with E-state index in [2.05, 4.69) is 467 Å². The summed E-state index contributed by atoms with van der Waals surface area (Å²) in [5.41, 5.74) is 30.9. The Morgan fingerprint density at radius 3 is 1.37 bits per heavy atom. The van der Waals surface area contributed by atoms with Crippen LogP contribution in [0.3, 0.4) is 0 Å². The summed E-state index contributed by atoms with van der Waals surface area (Å²) in [4.78, 5) is 12.0. The van der Waals surface area contributed by atoms with Crippen LogP contribution in [0.2, 0.25) is 17.5 Å². The molecule has 0 bridgehead atoms. The van der Waals surface area contributed by atoms with Crippen molar-refractivity contribution in [2.24, 2.45) is 0 Å². The van der Waals surface area contributed by atoms with Gasteiger partial charge >= 0.3 is 0 Å². The molecule has 118 heavy (non-hydrogen) atoms. The predicted molar refractivity (Wildman–Crippen MR) is 501 cm³/mol. The molecule has 4 aliphatic heterocycles. The van der Waals surface area contributed by atoms with Crippen LogP contribution in [0.1, 0.15) is 59.1 Å². The maximum atomic E-state index is 7.75. The second-order valence-corrected chi connectivity index (χ2v) is 36.1. The third-order valence-corrected chi connectivity index (χ3v) is 27.2. The molecular formula is C110H92B2N4OS. The quantitative estimate of drug-likeness (QED) is 0.101. The van der Waals surface area contributed by atoms with Crippen LogP contribution < -0.4 is 35.3 Å². The van der Waals surface area contributed by atoms with E-state index in [4.69, 9.17) is 4.74 Å². The average molecular weight is 1540 g/mol. The van der Waals surface area contributed by atoms with Crippen LogP contribution in [-0.2, 0) is 10.8 Å². The van der Waals surface area contributed by atoms with E-state index in [0.717, 1.165) is 63.2 Å². The molecular weight excluding hydrogens is 1450 g/mol. The maximum Gasteiger partial charge on any atom is 0.230 e. The van der Waals surface area contributed by atoms with Crippen LogP contribution in [0.15, 0.2) is 422 Å². The van der Waals surface area contributed by atoms with E-state index < -0.39 is 0 Å². The van der Waals surface area contributed by atoms with Crippen LogP contribution in [0, 0.1) is 0 Å². The number of ether oxygens (including phenoxy) is 1. The SMILES string of the molecule is CC(C)(C)c1ccc(-c2cccc(-c3ccc(C(C)(C)C)cc3)c2N2C3=CC4Sc5cc(N(c6ccc(-c7ccccc7)cc6)c6ccc(-c7ccccc7)cc6)cc6c5B(C4C=C3B3c4ccccc4OC4=CC(N(c5ccc(-c7ccccc7)cc5)c5ccc(-c7ccccc7)cc5)=CC2C34)C2C=CC=CC2N6C2C=CC=CC2)cc1. The molecule has 0 N–H and O–H groups in total. The van der Waals surface area contributed by atoms with Gasteiger partial charge in [-0.05, 0) is 192 Å². The van der Waals surface area contributed by atoms with E-state index in [9.17, 15) is 0 Å². The Labute approximate surface area is 700 Å². The molecule has 8 aliphatic rings. The predicted octanol–water partition coefficient (Wildman–Crippen LogP) is 26.9. The van der Waals surface area contributed by atoms with Crippen LogP contribution >= 0.6 is 11.8 Å². The van der Waals surface area contributed by atoms with Crippen molar-refractivity contribution in [1.82, 2.24) is 0 Å². The minimum absolute atomic E-state index is 0.00109. The molecule has 13 aromatic carbocycles. The van der Waals surface area contributed by atoms with E-state index in [1.54, 1.807) is 0 Å². The number of anilines is 7. The molecule has 7 atom stereocenters. The van der Waals surface area contributed by atoms with Gasteiger partial charge in [-0.1, -0.05) is 356 Å². The van der Waals surface area contributed by atoms with Gasteiger partial charge < -0.3 is 24.3 Å². The number of para-hydroxylation sites is 2. The number of fused-ring (bicyclic) bond motifs is 8. The first kappa shape index (κ1) is 72.9. The van der Waals surface area contributed by atoms with Gasteiger partial charge in [0.1, 0.15) is 11.5 Å². The molecule has 8 heteroatoms. The van der Waals surface area contributed by atoms with Gasteiger partial charge in [0.05, 0.1) is 17.8 Å². The third kappa shape index (κ3) is 13.1. The Morgan fingerprint density at radius 2 is 0.873 bits per heavy atom. The highest BCUT2D eigenvalue weighted by Gasteiger charge is 2.58. The molecule has 0 saturated carbocycles. The molecule has 21 rings (SSSR count). The molecule has 570 valence electrons. The summed E-state index contributed by atoms with van der Waals surface area (Å²) in [5, 5.41) is -0.00109. The van der Waals surface area contributed by atoms with Gasteiger partial charge in [-0.3, -0.25) is 0 Å². The van der Waals surface area contributed by atoms with E-state index >= 15 is 0 Å². The second-order valence-electron chi connectivity index (χ2n) is 34.9. The van der Waals surface area contributed by atoms with Gasteiger partial charge in [0.15, 0.2) is 6.71 Å². The first-order valence-electron chi connectivity index (χ1n) is 42.1. The summed E-state index contributed by atoms with van der Waals surface area (Å²) < 4.78 is 7.75. The second kappa shape index (κ2) is 29.8. The fourth-order valence-electron chi connectivity index (χ4n) is 20.1. The number of hydrogen-bond donors (Lipinski definition) is 0. The van der Waals surface area contributed by atoms with Crippen LogP contribution in [0.4, 0.5) is 39.8 Å². The van der Waals surface area contributed by atoms with E-state index in [1.807, 2.05) is 0 Å².